The molecule has 0 saturated carbocycles. The smallest absolute Gasteiger partial charge is 0.322 e. The zero-order valence-electron chi connectivity index (χ0n) is 14.9. The molecule has 9 nitrogen and oxygen atoms in total. The fraction of sp³-hybridized carbons (Fsp3) is 0.100. The van der Waals surface area contributed by atoms with Gasteiger partial charge in [0.2, 0.25) is 0 Å². The van der Waals surface area contributed by atoms with Crippen LogP contribution in [0.25, 0.3) is 10.9 Å². The van der Waals surface area contributed by atoms with Crippen molar-refractivity contribution in [2.75, 3.05) is 6.54 Å². The number of pyridine rings is 1. The third-order valence-electron chi connectivity index (χ3n) is 4.12. The van der Waals surface area contributed by atoms with Gasteiger partial charge in [0, 0.05) is 17.0 Å². The summed E-state index contributed by atoms with van der Waals surface area (Å²) in [4.78, 5) is 37.3. The lowest BCUT2D eigenvalue weighted by Crippen LogP contribution is -2.33. The molecule has 0 unspecified atom stereocenters. The molecule has 3 aromatic rings. The zero-order chi connectivity index (χ0) is 21.0. The standard InChI is InChI=1S/C20H15N3O6/c21-8-11-3-1-2-4-12(11)10-29-13-5-6-14-15(7-13)23-20(28)17(18(14)26)19(27)22-9-16(24)25/h1-7H,9-10H2,(H,22,27)(H,24,25)(H2,23,26,28). The van der Waals surface area contributed by atoms with Gasteiger partial charge in [-0.05, 0) is 18.2 Å². The first-order valence-corrected chi connectivity index (χ1v) is 8.40. The van der Waals surface area contributed by atoms with Gasteiger partial charge in [0.25, 0.3) is 11.5 Å². The first-order valence-electron chi connectivity index (χ1n) is 8.40. The maximum absolute atomic E-state index is 12.2. The Morgan fingerprint density at radius 1 is 1.21 bits per heavy atom. The number of amides is 1. The Bertz CT molecular complexity index is 1210. The van der Waals surface area contributed by atoms with E-state index in [9.17, 15) is 19.5 Å². The summed E-state index contributed by atoms with van der Waals surface area (Å²) >= 11 is 0. The van der Waals surface area contributed by atoms with Gasteiger partial charge in [-0.3, -0.25) is 14.4 Å². The largest absolute Gasteiger partial charge is 0.506 e. The van der Waals surface area contributed by atoms with Crippen molar-refractivity contribution < 1.29 is 24.5 Å². The van der Waals surface area contributed by atoms with Crippen LogP contribution in [-0.4, -0.2) is 33.6 Å². The number of nitrogens with zero attached hydrogens (tertiary/aromatic N) is 1. The van der Waals surface area contributed by atoms with E-state index >= 15 is 0 Å². The van der Waals surface area contributed by atoms with Crippen LogP contribution in [0.3, 0.4) is 0 Å². The van der Waals surface area contributed by atoms with Crippen LogP contribution >= 0.6 is 0 Å². The van der Waals surface area contributed by atoms with E-state index in [1.54, 1.807) is 24.3 Å². The Labute approximate surface area is 163 Å². The molecule has 2 aromatic carbocycles. The molecule has 0 saturated heterocycles. The lowest BCUT2D eigenvalue weighted by molar-refractivity contribution is -0.135. The fourth-order valence-electron chi connectivity index (χ4n) is 2.72. The molecule has 0 bridgehead atoms. The highest BCUT2D eigenvalue weighted by atomic mass is 16.5. The molecule has 3 rings (SSSR count). The van der Waals surface area contributed by atoms with Crippen LogP contribution in [0.5, 0.6) is 11.5 Å². The molecule has 1 amide bonds. The predicted molar refractivity (Wildman–Crippen MR) is 102 cm³/mol. The Kier molecular flexibility index (Phi) is 5.46. The van der Waals surface area contributed by atoms with E-state index < -0.39 is 35.3 Å². The second kappa shape index (κ2) is 8.14. The summed E-state index contributed by atoms with van der Waals surface area (Å²) in [5.41, 5.74) is -0.0400. The highest BCUT2D eigenvalue weighted by molar-refractivity contribution is 6.03. The molecule has 0 atom stereocenters. The quantitative estimate of drug-likeness (QED) is 0.495. The second-order valence-corrected chi connectivity index (χ2v) is 6.02. The molecule has 0 spiro atoms. The summed E-state index contributed by atoms with van der Waals surface area (Å²) in [7, 11) is 0. The van der Waals surface area contributed by atoms with Crippen LogP contribution in [0, 0.1) is 11.3 Å². The van der Waals surface area contributed by atoms with Gasteiger partial charge in [-0.25, -0.2) is 0 Å². The van der Waals surface area contributed by atoms with E-state index in [1.165, 1.54) is 18.2 Å². The number of nitrogens with one attached hydrogen (secondary N) is 2. The van der Waals surface area contributed by atoms with E-state index in [-0.39, 0.29) is 17.5 Å². The number of fused-ring (bicyclic) bond motifs is 1. The van der Waals surface area contributed by atoms with Crippen molar-refractivity contribution >= 4 is 22.8 Å². The van der Waals surface area contributed by atoms with Crippen LogP contribution < -0.4 is 15.6 Å². The number of carboxylic acid groups (broad SMARTS) is 1. The summed E-state index contributed by atoms with van der Waals surface area (Å²) in [5, 5.41) is 30.3. The molecule has 4 N–H and O–H groups in total. The number of carbonyl (C=O) groups is 2. The summed E-state index contributed by atoms with van der Waals surface area (Å²) in [6.07, 6.45) is 0. The van der Waals surface area contributed by atoms with E-state index in [4.69, 9.17) is 15.1 Å². The minimum atomic E-state index is -1.28. The van der Waals surface area contributed by atoms with E-state index in [0.29, 0.717) is 16.9 Å². The first-order chi connectivity index (χ1) is 13.9. The number of aromatic hydroxyl groups is 1. The monoisotopic (exact) mass is 393 g/mol. The number of aliphatic carboxylic acids is 1. The summed E-state index contributed by atoms with van der Waals surface area (Å²) in [6, 6.07) is 13.5. The van der Waals surface area contributed by atoms with Crippen LogP contribution in [0.1, 0.15) is 21.5 Å². The van der Waals surface area contributed by atoms with Gasteiger partial charge < -0.3 is 25.3 Å². The van der Waals surface area contributed by atoms with Gasteiger partial charge >= 0.3 is 5.97 Å². The third-order valence-corrected chi connectivity index (χ3v) is 4.12. The average molecular weight is 393 g/mol. The highest BCUT2D eigenvalue weighted by Gasteiger charge is 2.20. The Hall–Kier alpha value is -4.32. The molecule has 0 radical (unpaired) electrons. The number of aromatic amines is 1. The number of aromatic nitrogens is 1. The summed E-state index contributed by atoms with van der Waals surface area (Å²) in [6.45, 7) is -0.562. The lowest BCUT2D eigenvalue weighted by Gasteiger charge is -2.10. The average Bonchev–Trinajstić information content (AvgIpc) is 2.70. The molecule has 1 aromatic heterocycles. The lowest BCUT2D eigenvalue weighted by atomic mass is 10.1. The maximum Gasteiger partial charge on any atom is 0.322 e. The normalized spacial score (nSPS) is 10.3. The molecule has 9 heteroatoms. The van der Waals surface area contributed by atoms with E-state index in [2.05, 4.69) is 11.1 Å². The first kappa shape index (κ1) is 19.4. The van der Waals surface area contributed by atoms with Gasteiger partial charge in [0.05, 0.1) is 17.1 Å². The molecule has 0 fully saturated rings. The fourth-order valence-corrected chi connectivity index (χ4v) is 2.72. The third kappa shape index (κ3) is 4.17. The molecular weight excluding hydrogens is 378 g/mol. The highest BCUT2D eigenvalue weighted by Crippen LogP contribution is 2.28. The second-order valence-electron chi connectivity index (χ2n) is 6.02. The van der Waals surface area contributed by atoms with Gasteiger partial charge in [0.1, 0.15) is 30.2 Å². The number of ether oxygens (including phenoxy) is 1. The molecule has 0 aliphatic heterocycles. The number of carbonyl (C=O) groups excluding carboxylic acids is 1. The van der Waals surface area contributed by atoms with Crippen LogP contribution in [0.4, 0.5) is 0 Å². The molecular formula is C20H15N3O6. The van der Waals surface area contributed by atoms with Gasteiger partial charge in [-0.2, -0.15) is 5.26 Å². The Morgan fingerprint density at radius 3 is 2.69 bits per heavy atom. The van der Waals surface area contributed by atoms with Gasteiger partial charge in [0.15, 0.2) is 0 Å². The predicted octanol–water partition coefficient (Wildman–Crippen LogP) is 1.50. The van der Waals surface area contributed by atoms with Crippen molar-refractivity contribution in [2.45, 2.75) is 6.61 Å². The number of benzene rings is 2. The molecule has 0 aliphatic rings. The minimum Gasteiger partial charge on any atom is -0.506 e. The molecule has 146 valence electrons. The van der Waals surface area contributed by atoms with Crippen molar-refractivity contribution in [1.82, 2.24) is 10.3 Å². The molecule has 0 aliphatic carbocycles. The number of nitriles is 1. The van der Waals surface area contributed by atoms with Crippen LogP contribution in [-0.2, 0) is 11.4 Å². The SMILES string of the molecule is N#Cc1ccccc1COc1ccc2c(O)c(C(=O)NCC(=O)O)c(=O)[nH]c2c1. The zero-order valence-corrected chi connectivity index (χ0v) is 14.9. The van der Waals surface area contributed by atoms with E-state index in [1.807, 2.05) is 5.32 Å². The number of H-pyrrole nitrogens is 1. The summed E-state index contributed by atoms with van der Waals surface area (Å²) in [5.74, 6) is -2.47. The van der Waals surface area contributed by atoms with Gasteiger partial charge in [-0.15, -0.1) is 0 Å². The number of carboxylic acids is 1. The number of hydrogen-bond acceptors (Lipinski definition) is 6. The molecule has 1 heterocycles. The Morgan fingerprint density at radius 2 is 1.97 bits per heavy atom. The topological polar surface area (TPSA) is 153 Å². The summed E-state index contributed by atoms with van der Waals surface area (Å²) < 4.78 is 5.67. The van der Waals surface area contributed by atoms with Crippen LogP contribution in [0.15, 0.2) is 47.3 Å². The van der Waals surface area contributed by atoms with Gasteiger partial charge in [-0.1, -0.05) is 18.2 Å². The minimum absolute atomic E-state index is 0.126. The molecule has 29 heavy (non-hydrogen) atoms. The maximum atomic E-state index is 12.2. The van der Waals surface area contributed by atoms with Crippen molar-refractivity contribution in [3.8, 4) is 17.6 Å². The van der Waals surface area contributed by atoms with Crippen molar-refractivity contribution in [1.29, 1.82) is 5.26 Å². The Balaban J connectivity index is 1.88. The van der Waals surface area contributed by atoms with E-state index in [0.717, 1.165) is 0 Å². The van der Waals surface area contributed by atoms with Crippen LogP contribution in [0.2, 0.25) is 0 Å². The number of hydrogen-bond donors (Lipinski definition) is 4. The number of rotatable bonds is 6. The van der Waals surface area contributed by atoms with Crippen molar-refractivity contribution in [3.05, 3.63) is 69.5 Å². The van der Waals surface area contributed by atoms with Crippen molar-refractivity contribution in [3.63, 3.8) is 0 Å². The van der Waals surface area contributed by atoms with Crippen molar-refractivity contribution in [2.24, 2.45) is 0 Å².